The monoisotopic (exact) mass is 552 g/mol. The number of rotatable bonds is 10. The molecule has 1 saturated carbocycles. The summed E-state index contributed by atoms with van der Waals surface area (Å²) in [5, 5.41) is 4.16. The molecule has 1 aliphatic rings. The van der Waals surface area contributed by atoms with Gasteiger partial charge in [0.15, 0.2) is 6.61 Å². The van der Waals surface area contributed by atoms with Crippen LogP contribution >= 0.6 is 23.2 Å². The number of hydrogen-bond donors (Lipinski definition) is 1. The Labute approximate surface area is 235 Å². The lowest BCUT2D eigenvalue weighted by atomic mass is 10.0. The molecule has 0 aliphatic heterocycles. The number of carbonyl (C=O) groups is 2. The van der Waals surface area contributed by atoms with Crippen molar-refractivity contribution in [1.82, 2.24) is 10.2 Å². The zero-order valence-electron chi connectivity index (χ0n) is 21.9. The first-order valence-electron chi connectivity index (χ1n) is 13.1. The number of nitrogens with zero attached hydrogens (tertiary/aromatic N) is 1. The topological polar surface area (TPSA) is 58.6 Å². The average Bonchev–Trinajstić information content (AvgIpc) is 3.39. The summed E-state index contributed by atoms with van der Waals surface area (Å²) in [5.41, 5.74) is 3.78. The van der Waals surface area contributed by atoms with E-state index in [4.69, 9.17) is 27.9 Å². The van der Waals surface area contributed by atoms with Crippen molar-refractivity contribution in [2.75, 3.05) is 6.61 Å². The molecule has 0 spiro atoms. The smallest absolute Gasteiger partial charge is 0.261 e. The van der Waals surface area contributed by atoms with Gasteiger partial charge >= 0.3 is 0 Å². The Morgan fingerprint density at radius 3 is 2.32 bits per heavy atom. The summed E-state index contributed by atoms with van der Waals surface area (Å²) in [7, 11) is 0. The van der Waals surface area contributed by atoms with E-state index in [1.54, 1.807) is 23.1 Å². The summed E-state index contributed by atoms with van der Waals surface area (Å²) in [6, 6.07) is 20.2. The maximum Gasteiger partial charge on any atom is 0.261 e. The van der Waals surface area contributed by atoms with E-state index in [0.29, 0.717) is 27.8 Å². The van der Waals surface area contributed by atoms with Gasteiger partial charge in [0.2, 0.25) is 5.91 Å². The molecule has 38 heavy (non-hydrogen) atoms. The molecule has 0 aromatic heterocycles. The quantitative estimate of drug-likeness (QED) is 0.305. The van der Waals surface area contributed by atoms with Gasteiger partial charge in [-0.15, -0.1) is 0 Å². The van der Waals surface area contributed by atoms with Crippen LogP contribution in [0, 0.1) is 13.8 Å². The van der Waals surface area contributed by atoms with E-state index in [0.717, 1.165) is 42.4 Å². The highest BCUT2D eigenvalue weighted by atomic mass is 35.5. The molecule has 7 heteroatoms. The van der Waals surface area contributed by atoms with Crippen molar-refractivity contribution < 1.29 is 14.3 Å². The number of ether oxygens (including phenoxy) is 1. The van der Waals surface area contributed by atoms with Crippen molar-refractivity contribution in [3.8, 4) is 5.75 Å². The molecule has 0 saturated heterocycles. The van der Waals surface area contributed by atoms with Crippen LogP contribution in [0.5, 0.6) is 5.75 Å². The Morgan fingerprint density at radius 1 is 0.974 bits per heavy atom. The molecular weight excluding hydrogens is 519 g/mol. The molecule has 0 heterocycles. The SMILES string of the molecule is Cc1cc(C)cc(OCC(=O)N(Cc2ccc(Cl)cc2Cl)[C@H](Cc2ccccc2)C(=O)NC2CCCC2)c1. The highest BCUT2D eigenvalue weighted by Gasteiger charge is 2.32. The lowest BCUT2D eigenvalue weighted by Crippen LogP contribution is -2.53. The number of halogens is 2. The molecule has 3 aromatic rings. The highest BCUT2D eigenvalue weighted by molar-refractivity contribution is 6.35. The summed E-state index contributed by atoms with van der Waals surface area (Å²) in [5.74, 6) is 0.165. The van der Waals surface area contributed by atoms with Crippen molar-refractivity contribution in [1.29, 1.82) is 0 Å². The van der Waals surface area contributed by atoms with Gasteiger partial charge in [-0.1, -0.05) is 78.5 Å². The van der Waals surface area contributed by atoms with Gasteiger partial charge in [0.05, 0.1) is 0 Å². The molecule has 4 rings (SSSR count). The van der Waals surface area contributed by atoms with Crippen molar-refractivity contribution in [3.63, 3.8) is 0 Å². The van der Waals surface area contributed by atoms with Crippen LogP contribution in [0.1, 0.15) is 47.9 Å². The number of hydrogen-bond acceptors (Lipinski definition) is 3. The van der Waals surface area contributed by atoms with Crippen molar-refractivity contribution >= 4 is 35.0 Å². The Balaban J connectivity index is 1.64. The predicted molar refractivity (Wildman–Crippen MR) is 153 cm³/mol. The van der Waals surface area contributed by atoms with Crippen LogP contribution in [0.4, 0.5) is 0 Å². The summed E-state index contributed by atoms with van der Waals surface area (Å²) in [6.07, 6.45) is 4.48. The minimum Gasteiger partial charge on any atom is -0.484 e. The second-order valence-electron chi connectivity index (χ2n) is 10.1. The Bertz CT molecular complexity index is 1240. The Kier molecular flexibility index (Phi) is 9.70. The fraction of sp³-hybridized carbons (Fsp3) is 0.355. The third-order valence-electron chi connectivity index (χ3n) is 6.89. The number of nitrogens with one attached hydrogen (secondary N) is 1. The van der Waals surface area contributed by atoms with Gasteiger partial charge in [-0.25, -0.2) is 0 Å². The van der Waals surface area contributed by atoms with Gasteiger partial charge in [0.25, 0.3) is 5.91 Å². The van der Waals surface area contributed by atoms with E-state index in [1.807, 2.05) is 62.4 Å². The normalized spacial score (nSPS) is 14.2. The maximum absolute atomic E-state index is 13.8. The van der Waals surface area contributed by atoms with Gasteiger partial charge in [-0.05, 0) is 73.2 Å². The summed E-state index contributed by atoms with van der Waals surface area (Å²) in [6.45, 7) is 3.93. The molecule has 5 nitrogen and oxygen atoms in total. The molecule has 3 aromatic carbocycles. The average molecular weight is 554 g/mol. The molecular formula is C31H34Cl2N2O3. The maximum atomic E-state index is 13.8. The second-order valence-corrected chi connectivity index (χ2v) is 10.9. The first-order valence-corrected chi connectivity index (χ1v) is 13.8. The van der Waals surface area contributed by atoms with Gasteiger partial charge in [-0.3, -0.25) is 9.59 Å². The highest BCUT2D eigenvalue weighted by Crippen LogP contribution is 2.25. The number of benzene rings is 3. The summed E-state index contributed by atoms with van der Waals surface area (Å²) < 4.78 is 5.93. The van der Waals surface area contributed by atoms with E-state index in [9.17, 15) is 9.59 Å². The summed E-state index contributed by atoms with van der Waals surface area (Å²) >= 11 is 12.6. The molecule has 2 amide bonds. The molecule has 1 aliphatic carbocycles. The second kappa shape index (κ2) is 13.2. The molecule has 0 unspecified atom stereocenters. The van der Waals surface area contributed by atoms with Crippen LogP contribution in [0.25, 0.3) is 0 Å². The minimum atomic E-state index is -0.736. The van der Waals surface area contributed by atoms with E-state index >= 15 is 0 Å². The molecule has 200 valence electrons. The molecule has 1 atom stereocenters. The van der Waals surface area contributed by atoms with Gasteiger partial charge in [0.1, 0.15) is 11.8 Å². The van der Waals surface area contributed by atoms with Crippen LogP contribution in [0.3, 0.4) is 0 Å². The standard InChI is InChI=1S/C31H34Cl2N2O3/c1-21-14-22(2)16-27(15-21)38-20-30(36)35(19-24-12-13-25(32)18-28(24)33)29(17-23-8-4-3-5-9-23)31(37)34-26-10-6-7-11-26/h3-5,8-9,12-16,18,26,29H,6-7,10-11,17,19-20H2,1-2H3,(H,34,37)/t29-/m1/s1. The third-order valence-corrected chi connectivity index (χ3v) is 7.47. The lowest BCUT2D eigenvalue weighted by Gasteiger charge is -2.32. The van der Waals surface area contributed by atoms with Crippen LogP contribution in [-0.2, 0) is 22.6 Å². The molecule has 1 fully saturated rings. The number of aryl methyl sites for hydroxylation is 2. The van der Waals surface area contributed by atoms with Gasteiger partial charge in [0, 0.05) is 29.1 Å². The van der Waals surface area contributed by atoms with Crippen molar-refractivity contribution in [2.24, 2.45) is 0 Å². The number of amides is 2. The fourth-order valence-corrected chi connectivity index (χ4v) is 5.47. The zero-order valence-corrected chi connectivity index (χ0v) is 23.4. The van der Waals surface area contributed by atoms with Crippen molar-refractivity contribution in [2.45, 2.75) is 64.6 Å². The fourth-order valence-electron chi connectivity index (χ4n) is 5.00. The minimum absolute atomic E-state index is 0.128. The molecule has 1 N–H and O–H groups in total. The largest absolute Gasteiger partial charge is 0.484 e. The van der Waals surface area contributed by atoms with Crippen LogP contribution < -0.4 is 10.1 Å². The van der Waals surface area contributed by atoms with Gasteiger partial charge < -0.3 is 15.0 Å². The molecule has 0 bridgehead atoms. The molecule has 0 radical (unpaired) electrons. The van der Waals surface area contributed by atoms with E-state index in [2.05, 4.69) is 5.32 Å². The summed E-state index contributed by atoms with van der Waals surface area (Å²) in [4.78, 5) is 29.1. The third kappa shape index (κ3) is 7.75. The zero-order chi connectivity index (χ0) is 27.1. The van der Waals surface area contributed by atoms with E-state index in [-0.39, 0.29) is 31.0 Å². The first kappa shape index (κ1) is 28.0. The van der Waals surface area contributed by atoms with Crippen LogP contribution in [0.15, 0.2) is 66.7 Å². The van der Waals surface area contributed by atoms with Gasteiger partial charge in [-0.2, -0.15) is 0 Å². The van der Waals surface area contributed by atoms with E-state index < -0.39 is 6.04 Å². The van der Waals surface area contributed by atoms with E-state index in [1.165, 1.54) is 0 Å². The van der Waals surface area contributed by atoms with Crippen LogP contribution in [-0.4, -0.2) is 35.4 Å². The Hall–Kier alpha value is -3.02. The predicted octanol–water partition coefficient (Wildman–Crippen LogP) is 6.69. The van der Waals surface area contributed by atoms with Crippen molar-refractivity contribution in [3.05, 3.63) is 99.0 Å². The lowest BCUT2D eigenvalue weighted by molar-refractivity contribution is -0.143. The van der Waals surface area contributed by atoms with Crippen LogP contribution in [0.2, 0.25) is 10.0 Å². The first-order chi connectivity index (χ1) is 18.3. The Morgan fingerprint density at radius 2 is 1.66 bits per heavy atom. The number of carbonyl (C=O) groups excluding carboxylic acids is 2.